The molecule has 1 aliphatic rings. The van der Waals surface area contributed by atoms with Crippen molar-refractivity contribution in [2.45, 2.75) is 83.4 Å². The lowest BCUT2D eigenvalue weighted by Gasteiger charge is -2.41. The van der Waals surface area contributed by atoms with Crippen LogP contribution in [0.3, 0.4) is 0 Å². The predicted molar refractivity (Wildman–Crippen MR) is 88.2 cm³/mol. The molecule has 0 spiro atoms. The highest BCUT2D eigenvalue weighted by Crippen LogP contribution is 2.24. The third-order valence-electron chi connectivity index (χ3n) is 3.17. The Bertz CT molecular complexity index is 497. The molecule has 0 unspecified atom stereocenters. The van der Waals surface area contributed by atoms with Gasteiger partial charge in [-0.3, -0.25) is 0 Å². The van der Waals surface area contributed by atoms with Crippen LogP contribution in [0, 0.1) is 0 Å². The van der Waals surface area contributed by atoms with Gasteiger partial charge < -0.3 is 39.6 Å². The summed E-state index contributed by atoms with van der Waals surface area (Å²) in [4.78, 5) is 23.9. The number of carbonyl (C=O) groups excluding carboxylic acids is 2. The first-order valence-corrected chi connectivity index (χ1v) is 8.25. The van der Waals surface area contributed by atoms with Gasteiger partial charge >= 0.3 is 12.2 Å². The Kier molecular flexibility index (Phi) is 7.23. The van der Waals surface area contributed by atoms with Gasteiger partial charge in [0, 0.05) is 0 Å². The van der Waals surface area contributed by atoms with E-state index in [0.717, 1.165) is 0 Å². The van der Waals surface area contributed by atoms with E-state index in [-0.39, 0.29) is 0 Å². The Morgan fingerprint density at radius 1 is 1.00 bits per heavy atom. The summed E-state index contributed by atoms with van der Waals surface area (Å²) in [5.74, 6) is 0. The third-order valence-corrected chi connectivity index (χ3v) is 3.17. The largest absolute Gasteiger partial charge is 0.511 e. The van der Waals surface area contributed by atoms with E-state index >= 15 is 0 Å². The van der Waals surface area contributed by atoms with E-state index in [2.05, 4.69) is 5.32 Å². The molecule has 1 saturated heterocycles. The summed E-state index contributed by atoms with van der Waals surface area (Å²) in [7, 11) is 0. The first-order valence-electron chi connectivity index (χ1n) is 8.25. The highest BCUT2D eigenvalue weighted by Gasteiger charge is 2.47. The van der Waals surface area contributed by atoms with Gasteiger partial charge in [-0.25, -0.2) is 9.59 Å². The molecular formula is C16H29NO9. The molecule has 1 amide bonds. The fourth-order valence-corrected chi connectivity index (χ4v) is 2.15. The third kappa shape index (κ3) is 6.94. The number of aliphatic hydroxyl groups is 3. The molecule has 1 fully saturated rings. The van der Waals surface area contributed by atoms with Crippen molar-refractivity contribution in [2.75, 3.05) is 6.61 Å². The highest BCUT2D eigenvalue weighted by atomic mass is 16.8. The van der Waals surface area contributed by atoms with Crippen LogP contribution in [0.1, 0.15) is 41.5 Å². The lowest BCUT2D eigenvalue weighted by molar-refractivity contribution is -0.258. The maximum Gasteiger partial charge on any atom is 0.511 e. The SMILES string of the molecule is CC(C)(C)OC(=O)N[C@H]1[C@H](OC(=O)OC(C)(C)C)O[C@H](CO)[C@@H](O)[C@@H]1O. The summed E-state index contributed by atoms with van der Waals surface area (Å²) in [6, 6.07) is -1.34. The van der Waals surface area contributed by atoms with E-state index < -0.39 is 60.7 Å². The van der Waals surface area contributed by atoms with Crippen LogP contribution in [0.15, 0.2) is 0 Å². The van der Waals surface area contributed by atoms with Crippen molar-refractivity contribution in [3.63, 3.8) is 0 Å². The number of hydrogen-bond donors (Lipinski definition) is 4. The molecule has 4 N–H and O–H groups in total. The Labute approximate surface area is 152 Å². The normalized spacial score (nSPS) is 29.7. The second-order valence-corrected chi connectivity index (χ2v) is 7.96. The highest BCUT2D eigenvalue weighted by molar-refractivity contribution is 5.68. The lowest BCUT2D eigenvalue weighted by atomic mass is 9.97. The summed E-state index contributed by atoms with van der Waals surface area (Å²) >= 11 is 0. The minimum Gasteiger partial charge on any atom is -0.444 e. The van der Waals surface area contributed by atoms with Crippen LogP contribution in [-0.4, -0.2) is 76.0 Å². The first-order chi connectivity index (χ1) is 11.7. The number of hydrogen-bond acceptors (Lipinski definition) is 9. The zero-order valence-electron chi connectivity index (χ0n) is 15.9. The molecular weight excluding hydrogens is 350 g/mol. The summed E-state index contributed by atoms with van der Waals surface area (Å²) in [5, 5.41) is 31.8. The Hall–Kier alpha value is -1.62. The zero-order chi connectivity index (χ0) is 20.3. The molecule has 1 heterocycles. The van der Waals surface area contributed by atoms with Crippen LogP contribution < -0.4 is 5.32 Å². The van der Waals surface area contributed by atoms with Gasteiger partial charge in [0.2, 0.25) is 6.29 Å². The maximum absolute atomic E-state index is 12.0. The number of ether oxygens (including phenoxy) is 4. The quantitative estimate of drug-likeness (QED) is 0.508. The van der Waals surface area contributed by atoms with Crippen LogP contribution >= 0.6 is 0 Å². The zero-order valence-corrected chi connectivity index (χ0v) is 15.9. The van der Waals surface area contributed by atoms with E-state index in [9.17, 15) is 24.9 Å². The molecule has 0 aromatic rings. The minimum absolute atomic E-state index is 0.633. The van der Waals surface area contributed by atoms with Crippen molar-refractivity contribution < 1.29 is 43.9 Å². The van der Waals surface area contributed by atoms with Crippen molar-refractivity contribution in [2.24, 2.45) is 0 Å². The van der Waals surface area contributed by atoms with Gasteiger partial charge in [0.1, 0.15) is 35.6 Å². The number of amides is 1. The molecule has 152 valence electrons. The summed E-state index contributed by atoms with van der Waals surface area (Å²) in [6.45, 7) is 9.18. The number of nitrogens with one attached hydrogen (secondary N) is 1. The van der Waals surface area contributed by atoms with Crippen LogP contribution in [0.2, 0.25) is 0 Å². The number of aliphatic hydroxyl groups excluding tert-OH is 3. The van der Waals surface area contributed by atoms with E-state index in [1.54, 1.807) is 41.5 Å². The first kappa shape index (κ1) is 22.4. The molecule has 0 bridgehead atoms. The summed E-state index contributed by atoms with van der Waals surface area (Å²) < 4.78 is 20.4. The molecule has 0 saturated carbocycles. The van der Waals surface area contributed by atoms with E-state index in [1.807, 2.05) is 0 Å². The van der Waals surface area contributed by atoms with E-state index in [1.165, 1.54) is 0 Å². The molecule has 10 nitrogen and oxygen atoms in total. The molecule has 1 aliphatic heterocycles. The molecule has 0 aromatic heterocycles. The van der Waals surface area contributed by atoms with Gasteiger partial charge in [-0.05, 0) is 41.5 Å². The van der Waals surface area contributed by atoms with Gasteiger partial charge in [-0.2, -0.15) is 0 Å². The standard InChI is InChI=1S/C16H29NO9/c1-15(2,3)25-13(21)17-9-11(20)10(19)8(7-18)23-12(9)24-14(22)26-16(4,5)6/h8-12,18-20H,7H2,1-6H3,(H,17,21)/t8-,9-,10-,11-,12+/m1/s1. The molecule has 0 radical (unpaired) electrons. The number of alkyl carbamates (subject to hydrolysis) is 1. The Morgan fingerprint density at radius 3 is 2.00 bits per heavy atom. The lowest BCUT2D eigenvalue weighted by Crippen LogP contribution is -2.65. The average Bonchev–Trinajstić information content (AvgIpc) is 2.42. The van der Waals surface area contributed by atoms with Gasteiger partial charge in [0.15, 0.2) is 0 Å². The summed E-state index contributed by atoms with van der Waals surface area (Å²) in [5.41, 5.74) is -1.65. The van der Waals surface area contributed by atoms with Gasteiger partial charge in [0.05, 0.1) is 6.61 Å². The smallest absolute Gasteiger partial charge is 0.444 e. The van der Waals surface area contributed by atoms with Crippen molar-refractivity contribution in [3.05, 3.63) is 0 Å². The second kappa shape index (κ2) is 8.38. The van der Waals surface area contributed by atoms with Crippen LogP contribution in [-0.2, 0) is 18.9 Å². The summed E-state index contributed by atoms with van der Waals surface area (Å²) in [6.07, 6.45) is -7.82. The maximum atomic E-state index is 12.0. The molecule has 5 atom stereocenters. The fraction of sp³-hybridized carbons (Fsp3) is 0.875. The molecule has 0 aliphatic carbocycles. The predicted octanol–water partition coefficient (Wildman–Crippen LogP) is 0.270. The fourth-order valence-electron chi connectivity index (χ4n) is 2.15. The molecule has 0 aromatic carbocycles. The second-order valence-electron chi connectivity index (χ2n) is 7.96. The molecule has 26 heavy (non-hydrogen) atoms. The topological polar surface area (TPSA) is 144 Å². The monoisotopic (exact) mass is 379 g/mol. The van der Waals surface area contributed by atoms with Crippen molar-refractivity contribution in [3.8, 4) is 0 Å². The van der Waals surface area contributed by atoms with Crippen LogP contribution in [0.5, 0.6) is 0 Å². The van der Waals surface area contributed by atoms with Crippen LogP contribution in [0.25, 0.3) is 0 Å². The van der Waals surface area contributed by atoms with E-state index in [0.29, 0.717) is 0 Å². The van der Waals surface area contributed by atoms with Gasteiger partial charge in [-0.15, -0.1) is 0 Å². The van der Waals surface area contributed by atoms with Crippen molar-refractivity contribution >= 4 is 12.2 Å². The Balaban J connectivity index is 2.91. The van der Waals surface area contributed by atoms with E-state index in [4.69, 9.17) is 18.9 Å². The molecule has 1 rings (SSSR count). The van der Waals surface area contributed by atoms with Crippen LogP contribution in [0.4, 0.5) is 9.59 Å². The van der Waals surface area contributed by atoms with Gasteiger partial charge in [-0.1, -0.05) is 0 Å². The van der Waals surface area contributed by atoms with Crippen molar-refractivity contribution in [1.82, 2.24) is 5.32 Å². The minimum atomic E-state index is -1.58. The van der Waals surface area contributed by atoms with Gasteiger partial charge in [0.25, 0.3) is 0 Å². The average molecular weight is 379 g/mol. The number of carbonyl (C=O) groups is 2. The van der Waals surface area contributed by atoms with Crippen molar-refractivity contribution in [1.29, 1.82) is 0 Å². The number of rotatable bonds is 3. The Morgan fingerprint density at radius 2 is 1.54 bits per heavy atom. The molecule has 10 heteroatoms.